The normalized spacial score (nSPS) is 11.3. The van der Waals surface area contributed by atoms with Gasteiger partial charge in [-0.05, 0) is 33.8 Å². The summed E-state index contributed by atoms with van der Waals surface area (Å²) in [6.07, 6.45) is -0.149. The lowest BCUT2D eigenvalue weighted by atomic mass is 10.1. The Morgan fingerprint density at radius 3 is 2.50 bits per heavy atom. The summed E-state index contributed by atoms with van der Waals surface area (Å²) in [7, 11) is 0. The summed E-state index contributed by atoms with van der Waals surface area (Å²) >= 11 is 0. The maximum Gasteiger partial charge on any atom is 0.412 e. The summed E-state index contributed by atoms with van der Waals surface area (Å²) < 4.78 is 13.5. The first-order chi connectivity index (χ1) is 7.23. The van der Waals surface area contributed by atoms with Gasteiger partial charge in [-0.2, -0.15) is 0 Å². The van der Waals surface area contributed by atoms with Crippen molar-refractivity contribution >= 4 is 11.8 Å². The number of carbonyl (C=O) groups is 1. The highest BCUT2D eigenvalue weighted by molar-refractivity contribution is 5.87. The van der Waals surface area contributed by atoms with Gasteiger partial charge in [0.2, 0.25) is 0 Å². The van der Waals surface area contributed by atoms with Gasteiger partial charge in [-0.25, -0.2) is 9.18 Å². The molecule has 0 radical (unpaired) electrons. The number of nitrogens with zero attached hydrogens (tertiary/aromatic N) is 2. The second kappa shape index (κ2) is 4.08. The Hall–Kier alpha value is -1.65. The van der Waals surface area contributed by atoms with Crippen molar-refractivity contribution in [3.8, 4) is 0 Å². The fourth-order valence-electron chi connectivity index (χ4n) is 1.45. The molecule has 88 valence electrons. The smallest absolute Gasteiger partial charge is 0.412 e. The van der Waals surface area contributed by atoms with Gasteiger partial charge in [-0.1, -0.05) is 0 Å². The fraction of sp³-hybridized carbons (Fsp3) is 0.455. The van der Waals surface area contributed by atoms with Gasteiger partial charge in [-0.15, -0.1) is 0 Å². The highest BCUT2D eigenvalue weighted by atomic mass is 19.1. The molecule has 0 aliphatic heterocycles. The molecule has 0 aliphatic rings. The Morgan fingerprint density at radius 2 is 2.06 bits per heavy atom. The summed E-state index contributed by atoms with van der Waals surface area (Å²) in [6, 6.07) is 1.43. The van der Waals surface area contributed by atoms with E-state index in [1.807, 2.05) is 0 Å². The van der Waals surface area contributed by atoms with E-state index >= 15 is 0 Å². The molecule has 0 unspecified atom stereocenters. The number of amides is 1. The van der Waals surface area contributed by atoms with Crippen LogP contribution in [0.5, 0.6) is 0 Å². The van der Waals surface area contributed by atoms with Gasteiger partial charge in [0, 0.05) is 11.2 Å². The molecule has 0 bridgehead atoms. The van der Waals surface area contributed by atoms with Gasteiger partial charge in [0.15, 0.2) is 5.82 Å². The average Bonchev–Trinajstić information content (AvgIpc) is 2.08. The Labute approximate surface area is 93.7 Å². The molecule has 0 aliphatic carbocycles. The van der Waals surface area contributed by atoms with Crippen molar-refractivity contribution in [1.82, 2.24) is 4.98 Å². The summed E-state index contributed by atoms with van der Waals surface area (Å²) in [6.45, 7) is 6.80. The van der Waals surface area contributed by atoms with Crippen molar-refractivity contribution in [2.75, 3.05) is 4.90 Å². The van der Waals surface area contributed by atoms with Crippen LogP contribution in [-0.4, -0.2) is 21.7 Å². The Bertz CT molecular complexity index is 413. The first kappa shape index (κ1) is 12.4. The second-order valence-electron chi connectivity index (χ2n) is 4.57. The fourth-order valence-corrected chi connectivity index (χ4v) is 1.45. The Morgan fingerprint density at radius 1 is 1.50 bits per heavy atom. The molecule has 1 rings (SSSR count). The van der Waals surface area contributed by atoms with Gasteiger partial charge < -0.3 is 5.11 Å². The van der Waals surface area contributed by atoms with Crippen molar-refractivity contribution in [2.45, 2.75) is 33.2 Å². The molecule has 0 spiro atoms. The van der Waals surface area contributed by atoms with Crippen molar-refractivity contribution in [2.24, 2.45) is 0 Å². The van der Waals surface area contributed by atoms with Crippen LogP contribution in [0.4, 0.5) is 14.9 Å². The lowest BCUT2D eigenvalue weighted by Gasteiger charge is -2.33. The third-order valence-electron chi connectivity index (χ3n) is 2.07. The van der Waals surface area contributed by atoms with Crippen LogP contribution in [0.2, 0.25) is 0 Å². The number of hydrogen-bond acceptors (Lipinski definition) is 2. The molecule has 0 saturated carbocycles. The molecule has 5 heteroatoms. The molecule has 16 heavy (non-hydrogen) atoms. The lowest BCUT2D eigenvalue weighted by molar-refractivity contribution is 0.195. The van der Waals surface area contributed by atoms with E-state index in [4.69, 9.17) is 5.11 Å². The molecule has 1 N–H and O–H groups in total. The second-order valence-corrected chi connectivity index (χ2v) is 4.57. The minimum Gasteiger partial charge on any atom is -0.465 e. The zero-order valence-corrected chi connectivity index (χ0v) is 9.78. The van der Waals surface area contributed by atoms with Crippen LogP contribution >= 0.6 is 0 Å². The molecule has 1 amide bonds. The third-order valence-corrected chi connectivity index (χ3v) is 2.07. The van der Waals surface area contributed by atoms with Gasteiger partial charge in [0.05, 0.1) is 11.9 Å². The molecular weight excluding hydrogens is 211 g/mol. The van der Waals surface area contributed by atoms with E-state index in [0.717, 1.165) is 11.1 Å². The van der Waals surface area contributed by atoms with Gasteiger partial charge in [0.25, 0.3) is 0 Å². The number of carboxylic acid groups (broad SMARTS) is 1. The standard InChI is InChI=1S/C11H15FN2O2/c1-7-5-9(8(12)6-13-7)14(10(15)16)11(2,3)4/h5-6H,1-4H3,(H,15,16). The van der Waals surface area contributed by atoms with Crippen molar-refractivity contribution in [1.29, 1.82) is 0 Å². The summed E-state index contributed by atoms with van der Waals surface area (Å²) in [5, 5.41) is 9.12. The van der Waals surface area contributed by atoms with E-state index in [9.17, 15) is 9.18 Å². The largest absolute Gasteiger partial charge is 0.465 e. The van der Waals surface area contributed by atoms with Crippen LogP contribution in [-0.2, 0) is 0 Å². The number of aryl methyl sites for hydroxylation is 1. The SMILES string of the molecule is Cc1cc(N(C(=O)O)C(C)(C)C)c(F)cn1. The van der Waals surface area contributed by atoms with Gasteiger partial charge in [0.1, 0.15) is 0 Å². The summed E-state index contributed by atoms with van der Waals surface area (Å²) in [4.78, 5) is 15.9. The molecule has 0 aromatic carbocycles. The van der Waals surface area contributed by atoms with Crippen LogP contribution in [0.15, 0.2) is 12.3 Å². The lowest BCUT2D eigenvalue weighted by Crippen LogP contribution is -2.45. The van der Waals surface area contributed by atoms with Gasteiger partial charge in [-0.3, -0.25) is 9.88 Å². The first-order valence-corrected chi connectivity index (χ1v) is 4.89. The summed E-state index contributed by atoms with van der Waals surface area (Å²) in [5.74, 6) is -0.636. The molecule has 1 aromatic heterocycles. The quantitative estimate of drug-likeness (QED) is 0.801. The number of halogens is 1. The van der Waals surface area contributed by atoms with Crippen LogP contribution in [0.3, 0.4) is 0 Å². The molecular formula is C11H15FN2O2. The molecule has 1 aromatic rings. The minimum absolute atomic E-state index is 0.0347. The molecule has 0 saturated heterocycles. The van der Waals surface area contributed by atoms with E-state index in [-0.39, 0.29) is 5.69 Å². The highest BCUT2D eigenvalue weighted by Gasteiger charge is 2.30. The third kappa shape index (κ3) is 2.48. The topological polar surface area (TPSA) is 53.4 Å². The number of pyridine rings is 1. The van der Waals surface area contributed by atoms with Crippen molar-refractivity contribution in [3.05, 3.63) is 23.8 Å². The maximum absolute atomic E-state index is 13.5. The number of aromatic nitrogens is 1. The summed E-state index contributed by atoms with van der Waals surface area (Å²) in [5.41, 5.74) is -0.0973. The Balaban J connectivity index is 3.32. The minimum atomic E-state index is -1.18. The number of rotatable bonds is 1. The van der Waals surface area contributed by atoms with E-state index < -0.39 is 17.4 Å². The zero-order valence-electron chi connectivity index (χ0n) is 9.78. The maximum atomic E-state index is 13.5. The van der Waals surface area contributed by atoms with Crippen LogP contribution in [0.25, 0.3) is 0 Å². The average molecular weight is 226 g/mol. The van der Waals surface area contributed by atoms with E-state index in [1.165, 1.54) is 6.07 Å². The van der Waals surface area contributed by atoms with E-state index in [1.54, 1.807) is 27.7 Å². The van der Waals surface area contributed by atoms with Crippen LogP contribution in [0.1, 0.15) is 26.5 Å². The van der Waals surface area contributed by atoms with E-state index in [0.29, 0.717) is 5.69 Å². The number of hydrogen-bond donors (Lipinski definition) is 1. The van der Waals surface area contributed by atoms with Gasteiger partial charge >= 0.3 is 6.09 Å². The van der Waals surface area contributed by atoms with Crippen molar-refractivity contribution in [3.63, 3.8) is 0 Å². The Kier molecular flexibility index (Phi) is 3.16. The highest BCUT2D eigenvalue weighted by Crippen LogP contribution is 2.26. The van der Waals surface area contributed by atoms with Crippen LogP contribution < -0.4 is 4.90 Å². The number of anilines is 1. The first-order valence-electron chi connectivity index (χ1n) is 4.89. The molecule has 0 fully saturated rings. The van der Waals surface area contributed by atoms with Crippen LogP contribution in [0, 0.1) is 12.7 Å². The molecule has 0 atom stereocenters. The molecule has 1 heterocycles. The predicted octanol–water partition coefficient (Wildman–Crippen LogP) is 2.81. The van der Waals surface area contributed by atoms with E-state index in [2.05, 4.69) is 4.98 Å². The molecule has 4 nitrogen and oxygen atoms in total. The monoisotopic (exact) mass is 226 g/mol. The zero-order chi connectivity index (χ0) is 12.5. The predicted molar refractivity (Wildman–Crippen MR) is 59.2 cm³/mol. The van der Waals surface area contributed by atoms with Crippen molar-refractivity contribution < 1.29 is 14.3 Å².